The number of aliphatic carboxylic acids is 1. The van der Waals surface area contributed by atoms with Crippen LogP contribution in [0.1, 0.15) is 32.2 Å². The number of carboxylic acids is 1. The Hall–Kier alpha value is -1.64. The van der Waals surface area contributed by atoms with Crippen molar-refractivity contribution in [2.24, 2.45) is 5.92 Å². The fourth-order valence-electron chi connectivity index (χ4n) is 1.67. The molecule has 1 heterocycles. The van der Waals surface area contributed by atoms with Crippen LogP contribution in [0, 0.1) is 5.92 Å². The summed E-state index contributed by atoms with van der Waals surface area (Å²) in [6.07, 6.45) is 2.21. The second-order valence-electron chi connectivity index (χ2n) is 4.93. The number of nitrogens with zero attached hydrogens (tertiary/aromatic N) is 4. The van der Waals surface area contributed by atoms with E-state index in [0.29, 0.717) is 17.7 Å². The maximum atomic E-state index is 11.7. The van der Waals surface area contributed by atoms with E-state index in [1.807, 2.05) is 0 Å². The highest BCUT2D eigenvalue weighted by Gasteiger charge is 2.28. The minimum Gasteiger partial charge on any atom is -0.481 e. The van der Waals surface area contributed by atoms with E-state index in [-0.39, 0.29) is 24.0 Å². The number of carboxylic acid groups (broad SMARTS) is 1. The number of hydrogen-bond acceptors (Lipinski definition) is 6. The van der Waals surface area contributed by atoms with Crippen LogP contribution in [0.15, 0.2) is 5.16 Å². The average molecular weight is 299 g/mol. The van der Waals surface area contributed by atoms with Crippen LogP contribution in [0.4, 0.5) is 0 Å². The van der Waals surface area contributed by atoms with Gasteiger partial charge in [0.05, 0.1) is 11.8 Å². The van der Waals surface area contributed by atoms with Gasteiger partial charge in [-0.1, -0.05) is 18.7 Å². The molecule has 1 aromatic rings. The predicted octanol–water partition coefficient (Wildman–Crippen LogP) is 0.327. The lowest BCUT2D eigenvalue weighted by molar-refractivity contribution is -0.138. The maximum absolute atomic E-state index is 11.7. The normalized spacial score (nSPS) is 15.8. The molecule has 1 fully saturated rings. The lowest BCUT2D eigenvalue weighted by Crippen LogP contribution is -2.30. The molecular formula is C11H17N5O3S. The lowest BCUT2D eigenvalue weighted by Gasteiger charge is -2.10. The van der Waals surface area contributed by atoms with Gasteiger partial charge >= 0.3 is 5.97 Å². The van der Waals surface area contributed by atoms with Crippen LogP contribution in [0.5, 0.6) is 0 Å². The zero-order valence-electron chi connectivity index (χ0n) is 11.2. The van der Waals surface area contributed by atoms with Gasteiger partial charge in [-0.15, -0.1) is 5.10 Å². The van der Waals surface area contributed by atoms with Gasteiger partial charge in [0.2, 0.25) is 11.1 Å². The Morgan fingerprint density at radius 2 is 2.30 bits per heavy atom. The van der Waals surface area contributed by atoms with Crippen molar-refractivity contribution in [3.05, 3.63) is 0 Å². The third-order valence-corrected chi connectivity index (χ3v) is 3.79. The average Bonchev–Trinajstić information content (AvgIpc) is 3.12. The van der Waals surface area contributed by atoms with Crippen LogP contribution in [0.25, 0.3) is 0 Å². The summed E-state index contributed by atoms with van der Waals surface area (Å²) in [5.74, 6) is -0.854. The van der Waals surface area contributed by atoms with Crippen molar-refractivity contribution < 1.29 is 14.7 Å². The molecule has 0 aliphatic heterocycles. The Bertz CT molecular complexity index is 488. The summed E-state index contributed by atoms with van der Waals surface area (Å²) in [5, 5.41) is 23.4. The molecule has 0 spiro atoms. The van der Waals surface area contributed by atoms with E-state index in [1.165, 1.54) is 11.8 Å². The molecule has 20 heavy (non-hydrogen) atoms. The predicted molar refractivity (Wildman–Crippen MR) is 71.2 cm³/mol. The summed E-state index contributed by atoms with van der Waals surface area (Å²) < 4.78 is 1.75. The van der Waals surface area contributed by atoms with Crippen LogP contribution in [-0.4, -0.2) is 49.5 Å². The molecular weight excluding hydrogens is 282 g/mol. The third kappa shape index (κ3) is 4.48. The van der Waals surface area contributed by atoms with Crippen molar-refractivity contribution >= 4 is 23.6 Å². The number of tetrazole rings is 1. The minimum absolute atomic E-state index is 0.0490. The molecule has 1 aliphatic carbocycles. The molecule has 0 saturated heterocycles. The first-order chi connectivity index (χ1) is 9.56. The van der Waals surface area contributed by atoms with Gasteiger partial charge in [-0.3, -0.25) is 9.59 Å². The largest absolute Gasteiger partial charge is 0.481 e. The first-order valence-electron chi connectivity index (χ1n) is 6.45. The van der Waals surface area contributed by atoms with Crippen LogP contribution in [0.2, 0.25) is 0 Å². The van der Waals surface area contributed by atoms with Gasteiger partial charge in [0.25, 0.3) is 0 Å². The number of aromatic nitrogens is 4. The van der Waals surface area contributed by atoms with Gasteiger partial charge in [0, 0.05) is 13.0 Å². The third-order valence-electron chi connectivity index (χ3n) is 2.86. The molecule has 1 amide bonds. The van der Waals surface area contributed by atoms with E-state index in [1.54, 1.807) is 11.6 Å². The second kappa shape index (κ2) is 6.69. The number of carbonyl (C=O) groups excluding carboxylic acids is 1. The topological polar surface area (TPSA) is 110 Å². The van der Waals surface area contributed by atoms with Crippen LogP contribution in [0.3, 0.4) is 0 Å². The fourth-order valence-corrected chi connectivity index (χ4v) is 2.44. The first-order valence-corrected chi connectivity index (χ1v) is 7.44. The molecule has 1 saturated carbocycles. The number of nitrogens with one attached hydrogen (secondary N) is 1. The quantitative estimate of drug-likeness (QED) is 0.665. The molecule has 2 rings (SSSR count). The first kappa shape index (κ1) is 14.8. The fraction of sp³-hybridized carbons (Fsp3) is 0.727. The van der Waals surface area contributed by atoms with Crippen LogP contribution >= 0.6 is 11.8 Å². The van der Waals surface area contributed by atoms with Crippen molar-refractivity contribution in [1.29, 1.82) is 0 Å². The van der Waals surface area contributed by atoms with Crippen LogP contribution < -0.4 is 5.32 Å². The molecule has 1 atom stereocenters. The van der Waals surface area contributed by atoms with E-state index < -0.39 is 5.97 Å². The molecule has 8 nitrogen and oxygen atoms in total. The number of rotatable bonds is 8. The van der Waals surface area contributed by atoms with Gasteiger partial charge in [0.15, 0.2) is 0 Å². The van der Waals surface area contributed by atoms with Gasteiger partial charge in [-0.2, -0.15) is 0 Å². The van der Waals surface area contributed by atoms with Crippen molar-refractivity contribution in [2.45, 2.75) is 37.4 Å². The second-order valence-corrected chi connectivity index (χ2v) is 5.88. The van der Waals surface area contributed by atoms with E-state index in [4.69, 9.17) is 5.11 Å². The van der Waals surface area contributed by atoms with Gasteiger partial charge in [0.1, 0.15) is 0 Å². The van der Waals surface area contributed by atoms with Gasteiger partial charge in [-0.25, -0.2) is 4.68 Å². The number of carbonyl (C=O) groups is 2. The van der Waals surface area contributed by atoms with Crippen molar-refractivity contribution in [3.8, 4) is 0 Å². The van der Waals surface area contributed by atoms with Crippen molar-refractivity contribution in [1.82, 2.24) is 25.5 Å². The Labute approximate surface area is 120 Å². The summed E-state index contributed by atoms with van der Waals surface area (Å²) in [5.41, 5.74) is 0. The molecule has 2 N–H and O–H groups in total. The Morgan fingerprint density at radius 3 is 2.95 bits per heavy atom. The molecule has 0 bridgehead atoms. The summed E-state index contributed by atoms with van der Waals surface area (Å²) in [6, 6.07) is 0.381. The highest BCUT2D eigenvalue weighted by molar-refractivity contribution is 7.99. The van der Waals surface area contributed by atoms with Crippen molar-refractivity contribution in [3.63, 3.8) is 0 Å². The molecule has 0 aromatic carbocycles. The summed E-state index contributed by atoms with van der Waals surface area (Å²) in [7, 11) is 0. The summed E-state index contributed by atoms with van der Waals surface area (Å²) in [6.45, 7) is 2.15. The molecule has 1 aliphatic rings. The number of thioether (sulfide) groups is 1. The van der Waals surface area contributed by atoms with Crippen molar-refractivity contribution in [2.75, 3.05) is 12.3 Å². The minimum atomic E-state index is -0.857. The molecule has 1 aromatic heterocycles. The number of hydrogen-bond donors (Lipinski definition) is 2. The molecule has 9 heteroatoms. The highest BCUT2D eigenvalue weighted by Crippen LogP contribution is 2.36. The Morgan fingerprint density at radius 1 is 1.55 bits per heavy atom. The molecule has 1 unspecified atom stereocenters. The van der Waals surface area contributed by atoms with Gasteiger partial charge < -0.3 is 10.4 Å². The molecule has 110 valence electrons. The monoisotopic (exact) mass is 299 g/mol. The maximum Gasteiger partial charge on any atom is 0.303 e. The molecule has 0 radical (unpaired) electrons. The zero-order valence-corrected chi connectivity index (χ0v) is 12.0. The SMILES string of the molecule is CC(CNC(=O)CSc1nnnn1C1CC1)CC(=O)O. The lowest BCUT2D eigenvalue weighted by atomic mass is 10.1. The zero-order chi connectivity index (χ0) is 14.5. The smallest absolute Gasteiger partial charge is 0.303 e. The van der Waals surface area contributed by atoms with E-state index >= 15 is 0 Å². The summed E-state index contributed by atoms with van der Waals surface area (Å²) >= 11 is 1.29. The van der Waals surface area contributed by atoms with Crippen LogP contribution in [-0.2, 0) is 9.59 Å². The summed E-state index contributed by atoms with van der Waals surface area (Å²) in [4.78, 5) is 22.2. The van der Waals surface area contributed by atoms with E-state index in [2.05, 4.69) is 20.8 Å². The number of amides is 1. The van der Waals surface area contributed by atoms with E-state index in [0.717, 1.165) is 12.8 Å². The highest BCUT2D eigenvalue weighted by atomic mass is 32.2. The van der Waals surface area contributed by atoms with Gasteiger partial charge in [-0.05, 0) is 29.2 Å². The Kier molecular flexibility index (Phi) is 4.94. The standard InChI is InChI=1S/C11H17N5O3S/c1-7(4-10(18)19)5-12-9(17)6-20-11-13-14-15-16(11)8-2-3-8/h7-8H,2-6H2,1H3,(H,12,17)(H,18,19). The Balaban J connectivity index is 1.69. The van der Waals surface area contributed by atoms with E-state index in [9.17, 15) is 9.59 Å².